The van der Waals surface area contributed by atoms with Gasteiger partial charge in [0.2, 0.25) is 0 Å². The van der Waals surface area contributed by atoms with E-state index in [4.69, 9.17) is 0 Å². The number of rotatable bonds is 3. The lowest BCUT2D eigenvalue weighted by molar-refractivity contribution is 0.216. The highest BCUT2D eigenvalue weighted by atomic mass is 15.1. The van der Waals surface area contributed by atoms with Gasteiger partial charge in [-0.2, -0.15) is 0 Å². The molecule has 0 aromatic rings. The summed E-state index contributed by atoms with van der Waals surface area (Å²) in [5, 5.41) is 3.48. The minimum atomic E-state index is 0.766. The normalized spacial score (nSPS) is 22.4. The second-order valence-electron chi connectivity index (χ2n) is 3.17. The Kier molecular flexibility index (Phi) is 3.87. The number of nitrogens with one attached hydrogen (secondary N) is 1. The summed E-state index contributed by atoms with van der Waals surface area (Å²) in [4.78, 5) is 2.41. The minimum absolute atomic E-state index is 0.766. The minimum Gasteiger partial charge on any atom is -0.314 e. The molecule has 2 heteroatoms. The van der Waals surface area contributed by atoms with Crippen LogP contribution in [0.2, 0.25) is 0 Å². The zero-order valence-electron chi connectivity index (χ0n) is 7.47. The van der Waals surface area contributed by atoms with Gasteiger partial charge in [0.25, 0.3) is 0 Å². The molecule has 0 bridgehead atoms. The van der Waals surface area contributed by atoms with Crippen molar-refractivity contribution >= 4 is 0 Å². The van der Waals surface area contributed by atoms with Crippen molar-refractivity contribution in [3.63, 3.8) is 0 Å². The molecular weight excluding hydrogens is 136 g/mol. The van der Waals surface area contributed by atoms with Crippen LogP contribution >= 0.6 is 0 Å². The van der Waals surface area contributed by atoms with Crippen LogP contribution in [0.15, 0.2) is 0 Å². The van der Waals surface area contributed by atoms with E-state index < -0.39 is 0 Å². The molecule has 1 heterocycles. The summed E-state index contributed by atoms with van der Waals surface area (Å²) >= 11 is 0. The number of likely N-dealkylation sites (tertiary alicyclic amines) is 1. The summed E-state index contributed by atoms with van der Waals surface area (Å²) in [6.07, 6.45) is 2.59. The van der Waals surface area contributed by atoms with Gasteiger partial charge < -0.3 is 10.2 Å². The van der Waals surface area contributed by atoms with Crippen molar-refractivity contribution in [2.24, 2.45) is 0 Å². The smallest absolute Gasteiger partial charge is 0.00912 e. The van der Waals surface area contributed by atoms with Gasteiger partial charge >= 0.3 is 0 Å². The molecule has 0 atom stereocenters. The summed E-state index contributed by atoms with van der Waals surface area (Å²) in [5.74, 6) is 0. The number of piperidine rings is 1. The van der Waals surface area contributed by atoms with Crippen LogP contribution in [0.5, 0.6) is 0 Å². The van der Waals surface area contributed by atoms with Crippen molar-refractivity contribution in [1.29, 1.82) is 0 Å². The highest BCUT2D eigenvalue weighted by Gasteiger charge is 2.16. The van der Waals surface area contributed by atoms with Gasteiger partial charge in [0, 0.05) is 6.04 Å². The summed E-state index contributed by atoms with van der Waals surface area (Å²) in [7, 11) is 0. The largest absolute Gasteiger partial charge is 0.314 e. The maximum atomic E-state index is 3.89. The second kappa shape index (κ2) is 4.73. The molecule has 1 aliphatic heterocycles. The van der Waals surface area contributed by atoms with Gasteiger partial charge in [-0.05, 0) is 45.9 Å². The molecule has 0 amide bonds. The predicted octanol–water partition coefficient (Wildman–Crippen LogP) is 0.894. The van der Waals surface area contributed by atoms with E-state index in [0.29, 0.717) is 0 Å². The first-order valence-corrected chi connectivity index (χ1v) is 4.61. The van der Waals surface area contributed by atoms with Gasteiger partial charge in [-0.3, -0.25) is 0 Å². The maximum Gasteiger partial charge on any atom is 0.00912 e. The monoisotopic (exact) mass is 155 g/mol. The molecule has 0 aromatic carbocycles. The Morgan fingerprint density at radius 3 is 2.55 bits per heavy atom. The summed E-state index contributed by atoms with van der Waals surface area (Å²) in [5.41, 5.74) is 0. The van der Waals surface area contributed by atoms with Crippen LogP contribution in [0.4, 0.5) is 0 Å². The van der Waals surface area contributed by atoms with Crippen molar-refractivity contribution in [3.8, 4) is 0 Å². The van der Waals surface area contributed by atoms with Crippen molar-refractivity contribution in [2.45, 2.75) is 25.8 Å². The average Bonchev–Trinajstić information content (AvgIpc) is 2.07. The Labute approximate surface area is 70.0 Å². The Morgan fingerprint density at radius 1 is 1.45 bits per heavy atom. The fourth-order valence-corrected chi connectivity index (χ4v) is 1.65. The summed E-state index contributed by atoms with van der Waals surface area (Å²) < 4.78 is 0. The fraction of sp³-hybridized carbons (Fsp3) is 0.889. The van der Waals surface area contributed by atoms with Gasteiger partial charge in [-0.25, -0.2) is 0 Å². The van der Waals surface area contributed by atoms with Crippen LogP contribution in [0, 0.1) is 6.92 Å². The topological polar surface area (TPSA) is 15.3 Å². The molecule has 0 unspecified atom stereocenters. The Balaban J connectivity index is 2.14. The van der Waals surface area contributed by atoms with E-state index in [-0.39, 0.29) is 0 Å². The molecule has 0 aromatic heterocycles. The lowest BCUT2D eigenvalue weighted by Crippen LogP contribution is -2.42. The quantitative estimate of drug-likeness (QED) is 0.651. The molecule has 1 radical (unpaired) electrons. The number of nitrogens with zero attached hydrogens (tertiary/aromatic N) is 1. The van der Waals surface area contributed by atoms with Gasteiger partial charge in [0.05, 0.1) is 0 Å². The van der Waals surface area contributed by atoms with E-state index in [0.717, 1.165) is 19.1 Å². The third kappa shape index (κ3) is 2.80. The van der Waals surface area contributed by atoms with Crippen LogP contribution in [0.25, 0.3) is 0 Å². The van der Waals surface area contributed by atoms with E-state index >= 15 is 0 Å². The number of hydrogen-bond donors (Lipinski definition) is 1. The van der Waals surface area contributed by atoms with Crippen molar-refractivity contribution in [3.05, 3.63) is 6.92 Å². The molecule has 1 rings (SSSR count). The molecular formula is C9H19N2. The van der Waals surface area contributed by atoms with Gasteiger partial charge in [0.1, 0.15) is 0 Å². The first kappa shape index (κ1) is 9.01. The van der Waals surface area contributed by atoms with E-state index in [1.165, 1.54) is 25.9 Å². The third-order valence-electron chi connectivity index (χ3n) is 2.40. The Bertz CT molecular complexity index is 95.7. The number of hydrogen-bond acceptors (Lipinski definition) is 2. The van der Waals surface area contributed by atoms with Crippen molar-refractivity contribution < 1.29 is 0 Å². The molecule has 1 N–H and O–H groups in total. The van der Waals surface area contributed by atoms with E-state index in [9.17, 15) is 0 Å². The maximum absolute atomic E-state index is 3.89. The van der Waals surface area contributed by atoms with E-state index in [1.54, 1.807) is 0 Å². The van der Waals surface area contributed by atoms with Gasteiger partial charge in [-0.15, -0.1) is 0 Å². The first-order valence-electron chi connectivity index (χ1n) is 4.61. The molecule has 0 aliphatic carbocycles. The Hall–Kier alpha value is -0.0800. The molecule has 0 saturated carbocycles. The van der Waals surface area contributed by atoms with Crippen LogP contribution in [-0.2, 0) is 0 Å². The van der Waals surface area contributed by atoms with Gasteiger partial charge in [-0.1, -0.05) is 6.92 Å². The highest BCUT2D eigenvalue weighted by molar-refractivity contribution is 4.76. The summed E-state index contributed by atoms with van der Waals surface area (Å²) in [6, 6.07) is 0.766. The molecule has 1 saturated heterocycles. The Morgan fingerprint density at radius 2 is 2.09 bits per heavy atom. The molecule has 0 spiro atoms. The lowest BCUT2D eigenvalue weighted by Gasteiger charge is -2.31. The van der Waals surface area contributed by atoms with Crippen molar-refractivity contribution in [1.82, 2.24) is 10.2 Å². The zero-order valence-corrected chi connectivity index (χ0v) is 7.47. The fourth-order valence-electron chi connectivity index (χ4n) is 1.65. The van der Waals surface area contributed by atoms with E-state index in [2.05, 4.69) is 24.1 Å². The summed E-state index contributed by atoms with van der Waals surface area (Å²) in [6.45, 7) is 10.6. The lowest BCUT2D eigenvalue weighted by atomic mass is 10.1. The molecule has 65 valence electrons. The SMILES string of the molecule is [CH2]CN1CCC(NCC)CC1. The standard InChI is InChI=1S/C9H19N2/c1-3-10-9-5-7-11(4-2)8-6-9/h9-10H,2-8H2,1H3. The first-order chi connectivity index (χ1) is 5.36. The zero-order chi connectivity index (χ0) is 8.10. The molecule has 1 fully saturated rings. The second-order valence-corrected chi connectivity index (χ2v) is 3.17. The third-order valence-corrected chi connectivity index (χ3v) is 2.40. The van der Waals surface area contributed by atoms with Crippen LogP contribution < -0.4 is 5.32 Å². The van der Waals surface area contributed by atoms with Crippen molar-refractivity contribution in [2.75, 3.05) is 26.2 Å². The predicted molar refractivity (Wildman–Crippen MR) is 48.5 cm³/mol. The molecule has 2 nitrogen and oxygen atoms in total. The van der Waals surface area contributed by atoms with E-state index in [1.807, 2.05) is 0 Å². The van der Waals surface area contributed by atoms with Crippen LogP contribution in [0.3, 0.4) is 0 Å². The van der Waals surface area contributed by atoms with Crippen LogP contribution in [0.1, 0.15) is 19.8 Å². The van der Waals surface area contributed by atoms with Crippen LogP contribution in [-0.4, -0.2) is 37.1 Å². The highest BCUT2D eigenvalue weighted by Crippen LogP contribution is 2.08. The van der Waals surface area contributed by atoms with Gasteiger partial charge in [0.15, 0.2) is 0 Å². The average molecular weight is 155 g/mol. The molecule has 11 heavy (non-hydrogen) atoms. The molecule has 1 aliphatic rings.